The smallest absolute Gasteiger partial charge is 0.267 e. The van der Waals surface area contributed by atoms with E-state index in [1.54, 1.807) is 22.9 Å². The maximum absolute atomic E-state index is 13.7. The average Bonchev–Trinajstić information content (AvgIpc) is 2.49. The molecule has 0 spiro atoms. The van der Waals surface area contributed by atoms with E-state index in [0.29, 0.717) is 11.8 Å². The van der Waals surface area contributed by atoms with Crippen LogP contribution in [0.2, 0.25) is 0 Å². The molecule has 8 heteroatoms. The Morgan fingerprint density at radius 2 is 1.96 bits per heavy atom. The van der Waals surface area contributed by atoms with Gasteiger partial charge in [0.2, 0.25) is 0 Å². The number of aromatic nitrogens is 1. The Morgan fingerprint density at radius 3 is 2.61 bits per heavy atom. The standard InChI is InChI=1S/C15H12F2N2O3S/c1-10-8-13(17)14(9-12(10)16)23(21,22)19-15(20)6-5-11-4-2-3-7-18-11/h2-9H,1H3,(H,19,20). The first-order valence-electron chi connectivity index (χ1n) is 6.41. The van der Waals surface area contributed by atoms with Gasteiger partial charge in [-0.2, -0.15) is 0 Å². The van der Waals surface area contributed by atoms with Crippen molar-refractivity contribution >= 4 is 22.0 Å². The monoisotopic (exact) mass is 338 g/mol. The van der Waals surface area contributed by atoms with E-state index in [0.717, 1.165) is 12.1 Å². The van der Waals surface area contributed by atoms with Crippen LogP contribution in [-0.2, 0) is 14.8 Å². The molecule has 2 rings (SSSR count). The molecule has 0 saturated heterocycles. The fourth-order valence-corrected chi connectivity index (χ4v) is 2.71. The Bertz CT molecular complexity index is 866. The van der Waals surface area contributed by atoms with Crippen molar-refractivity contribution < 1.29 is 22.0 Å². The fraction of sp³-hybridized carbons (Fsp3) is 0.0667. The van der Waals surface area contributed by atoms with Gasteiger partial charge >= 0.3 is 0 Å². The highest BCUT2D eigenvalue weighted by Gasteiger charge is 2.22. The van der Waals surface area contributed by atoms with Gasteiger partial charge in [-0.1, -0.05) is 6.07 Å². The SMILES string of the molecule is Cc1cc(F)c(S(=O)(=O)NC(=O)C=Cc2ccccn2)cc1F. The number of amides is 1. The van der Waals surface area contributed by atoms with E-state index in [9.17, 15) is 22.0 Å². The normalized spacial score (nSPS) is 11.6. The Labute approximate surface area is 131 Å². The summed E-state index contributed by atoms with van der Waals surface area (Å²) in [6.45, 7) is 1.29. The minimum absolute atomic E-state index is 0.0391. The van der Waals surface area contributed by atoms with Gasteiger partial charge in [0.05, 0.1) is 5.69 Å². The number of aryl methyl sites for hydroxylation is 1. The van der Waals surface area contributed by atoms with Crippen LogP contribution in [0.5, 0.6) is 0 Å². The molecule has 1 aromatic heterocycles. The second kappa shape index (κ2) is 6.66. The first kappa shape index (κ1) is 16.8. The van der Waals surface area contributed by atoms with E-state index in [-0.39, 0.29) is 5.56 Å². The zero-order valence-corrected chi connectivity index (χ0v) is 12.8. The Hall–Kier alpha value is -2.61. The van der Waals surface area contributed by atoms with E-state index in [1.165, 1.54) is 19.2 Å². The van der Waals surface area contributed by atoms with E-state index >= 15 is 0 Å². The minimum Gasteiger partial charge on any atom is -0.269 e. The third-order valence-electron chi connectivity index (χ3n) is 2.83. The van der Waals surface area contributed by atoms with Gasteiger partial charge in [-0.3, -0.25) is 9.78 Å². The third-order valence-corrected chi connectivity index (χ3v) is 4.19. The Morgan fingerprint density at radius 1 is 1.22 bits per heavy atom. The molecular weight excluding hydrogens is 326 g/mol. The van der Waals surface area contributed by atoms with Gasteiger partial charge in [-0.05, 0) is 42.8 Å². The molecule has 1 amide bonds. The van der Waals surface area contributed by atoms with Crippen molar-refractivity contribution in [2.45, 2.75) is 11.8 Å². The molecule has 0 unspecified atom stereocenters. The number of pyridine rings is 1. The van der Waals surface area contributed by atoms with Gasteiger partial charge in [0.1, 0.15) is 16.5 Å². The van der Waals surface area contributed by atoms with E-state index in [4.69, 9.17) is 0 Å². The van der Waals surface area contributed by atoms with Gasteiger partial charge in [-0.15, -0.1) is 0 Å². The van der Waals surface area contributed by atoms with Gasteiger partial charge < -0.3 is 0 Å². The number of carbonyl (C=O) groups excluding carboxylic acids is 1. The average molecular weight is 338 g/mol. The van der Waals surface area contributed by atoms with Crippen molar-refractivity contribution in [2.24, 2.45) is 0 Å². The fourth-order valence-electron chi connectivity index (χ4n) is 1.69. The molecule has 23 heavy (non-hydrogen) atoms. The number of benzene rings is 1. The lowest BCUT2D eigenvalue weighted by molar-refractivity contribution is -0.114. The predicted molar refractivity (Wildman–Crippen MR) is 79.7 cm³/mol. The van der Waals surface area contributed by atoms with Crippen LogP contribution >= 0.6 is 0 Å². The number of rotatable bonds is 4. The number of sulfonamides is 1. The number of hydrogen-bond acceptors (Lipinski definition) is 4. The van der Waals surface area contributed by atoms with Crippen molar-refractivity contribution in [1.82, 2.24) is 9.71 Å². The first-order chi connectivity index (χ1) is 10.8. The summed E-state index contributed by atoms with van der Waals surface area (Å²) in [5.41, 5.74) is 0.399. The summed E-state index contributed by atoms with van der Waals surface area (Å²) in [4.78, 5) is 14.6. The number of nitrogens with zero attached hydrogens (tertiary/aromatic N) is 1. The number of halogens is 2. The highest BCUT2D eigenvalue weighted by molar-refractivity contribution is 7.90. The molecule has 5 nitrogen and oxygen atoms in total. The van der Waals surface area contributed by atoms with Crippen LogP contribution in [0.15, 0.2) is 47.5 Å². The zero-order valence-electron chi connectivity index (χ0n) is 12.0. The van der Waals surface area contributed by atoms with Crippen molar-refractivity contribution in [1.29, 1.82) is 0 Å². The van der Waals surface area contributed by atoms with Gasteiger partial charge in [0.15, 0.2) is 0 Å². The number of carbonyl (C=O) groups is 1. The summed E-state index contributed by atoms with van der Waals surface area (Å²) in [6, 6.07) is 6.25. The van der Waals surface area contributed by atoms with Crippen LogP contribution in [-0.4, -0.2) is 19.3 Å². The van der Waals surface area contributed by atoms with E-state index in [2.05, 4.69) is 4.98 Å². The molecule has 0 bridgehead atoms. The molecule has 0 aliphatic rings. The third kappa shape index (κ3) is 4.19. The lowest BCUT2D eigenvalue weighted by Gasteiger charge is -2.07. The molecule has 0 atom stereocenters. The molecule has 0 aliphatic carbocycles. The van der Waals surface area contributed by atoms with E-state index < -0.39 is 32.5 Å². The van der Waals surface area contributed by atoms with Crippen LogP contribution in [0, 0.1) is 18.6 Å². The maximum atomic E-state index is 13.7. The zero-order chi connectivity index (χ0) is 17.0. The minimum atomic E-state index is -4.52. The van der Waals surface area contributed by atoms with Gasteiger partial charge in [0.25, 0.3) is 15.9 Å². The van der Waals surface area contributed by atoms with Crippen LogP contribution in [0.3, 0.4) is 0 Å². The molecule has 0 fully saturated rings. The molecule has 2 aromatic rings. The molecule has 120 valence electrons. The molecule has 0 radical (unpaired) electrons. The van der Waals surface area contributed by atoms with Crippen LogP contribution in [0.1, 0.15) is 11.3 Å². The summed E-state index contributed by atoms with van der Waals surface area (Å²) in [6.07, 6.45) is 3.72. The predicted octanol–water partition coefficient (Wildman–Crippen LogP) is 2.19. The van der Waals surface area contributed by atoms with Crippen molar-refractivity contribution in [3.05, 3.63) is 65.5 Å². The summed E-state index contributed by atoms with van der Waals surface area (Å²) >= 11 is 0. The molecular formula is C15H12F2N2O3S. The van der Waals surface area contributed by atoms with Gasteiger partial charge in [0, 0.05) is 12.3 Å². The lowest BCUT2D eigenvalue weighted by Crippen LogP contribution is -2.29. The highest BCUT2D eigenvalue weighted by atomic mass is 32.2. The van der Waals surface area contributed by atoms with E-state index in [1.807, 2.05) is 0 Å². The second-order valence-electron chi connectivity index (χ2n) is 4.59. The molecule has 0 saturated carbocycles. The summed E-state index contributed by atoms with van der Waals surface area (Å²) in [5.74, 6) is -3.03. The first-order valence-corrected chi connectivity index (χ1v) is 7.89. The maximum Gasteiger partial charge on any atom is 0.267 e. The van der Waals surface area contributed by atoms with Crippen molar-refractivity contribution in [3.8, 4) is 0 Å². The van der Waals surface area contributed by atoms with Gasteiger partial charge in [-0.25, -0.2) is 21.9 Å². The summed E-state index contributed by atoms with van der Waals surface area (Å²) in [5, 5.41) is 0. The topological polar surface area (TPSA) is 76.1 Å². The Kier molecular flexibility index (Phi) is 4.85. The van der Waals surface area contributed by atoms with Crippen molar-refractivity contribution in [2.75, 3.05) is 0 Å². The molecule has 0 aliphatic heterocycles. The summed E-state index contributed by atoms with van der Waals surface area (Å²) in [7, 11) is -4.52. The lowest BCUT2D eigenvalue weighted by atomic mass is 10.2. The van der Waals surface area contributed by atoms with Crippen molar-refractivity contribution in [3.63, 3.8) is 0 Å². The molecule has 1 aromatic carbocycles. The molecule has 1 heterocycles. The highest BCUT2D eigenvalue weighted by Crippen LogP contribution is 2.18. The Balaban J connectivity index is 2.20. The summed E-state index contributed by atoms with van der Waals surface area (Å²) < 4.78 is 52.7. The number of nitrogens with one attached hydrogen (secondary N) is 1. The molecule has 1 N–H and O–H groups in total. The number of hydrogen-bond donors (Lipinski definition) is 1. The van der Waals surface area contributed by atoms with Crippen LogP contribution in [0.25, 0.3) is 6.08 Å². The van der Waals surface area contributed by atoms with Crippen LogP contribution in [0.4, 0.5) is 8.78 Å². The second-order valence-corrected chi connectivity index (χ2v) is 6.24. The quantitative estimate of drug-likeness (QED) is 0.867. The van der Waals surface area contributed by atoms with Crippen LogP contribution < -0.4 is 4.72 Å². The largest absolute Gasteiger partial charge is 0.269 e.